The molecule has 1 N–H and O–H groups in total. The lowest BCUT2D eigenvalue weighted by molar-refractivity contribution is -0.144. The van der Waals surface area contributed by atoms with Crippen LogP contribution in [0.5, 0.6) is 5.75 Å². The van der Waals surface area contributed by atoms with Crippen molar-refractivity contribution in [1.29, 1.82) is 0 Å². The summed E-state index contributed by atoms with van der Waals surface area (Å²) >= 11 is 0. The minimum Gasteiger partial charge on any atom is -0.479 e. The molecule has 0 aliphatic heterocycles. The van der Waals surface area contributed by atoms with Crippen LogP contribution in [0.15, 0.2) is 30.3 Å². The van der Waals surface area contributed by atoms with Gasteiger partial charge in [0, 0.05) is 0 Å². The summed E-state index contributed by atoms with van der Waals surface area (Å²) in [7, 11) is 0. The van der Waals surface area contributed by atoms with E-state index in [-0.39, 0.29) is 7.43 Å². The average molecular weight is 242 g/mol. The van der Waals surface area contributed by atoms with Gasteiger partial charge in [0.15, 0.2) is 6.10 Å². The van der Waals surface area contributed by atoms with Gasteiger partial charge in [-0.2, -0.15) is 0 Å². The summed E-state index contributed by atoms with van der Waals surface area (Å²) in [6.45, 7) is 9.50. The molecule has 0 aromatic heterocycles. The highest BCUT2D eigenvalue weighted by Crippen LogP contribution is 2.10. The zero-order valence-corrected chi connectivity index (χ0v) is 10.7. The number of hydrogen-bond donors (Lipinski definition) is 1. The van der Waals surface area contributed by atoms with Crippen LogP contribution in [0, 0.1) is 0 Å². The predicted octanol–water partition coefficient (Wildman–Crippen LogP) is 4.23. The molecule has 0 amide bonds. The molecule has 3 heteroatoms. The standard InChI is InChI=1S/C9H10O3.2C2H6.CH4/c1-7(9(10)11)12-8-5-3-2-4-6-8;2*1-2;/h2-7H,1H3,(H,10,11);2*1-2H3;1H4. The molecule has 0 saturated carbocycles. The van der Waals surface area contributed by atoms with Gasteiger partial charge < -0.3 is 9.84 Å². The topological polar surface area (TPSA) is 46.5 Å². The molecular formula is C14H26O3. The summed E-state index contributed by atoms with van der Waals surface area (Å²) < 4.78 is 5.08. The average Bonchev–Trinajstić information content (AvgIpc) is 2.35. The molecule has 17 heavy (non-hydrogen) atoms. The van der Waals surface area contributed by atoms with Crippen molar-refractivity contribution < 1.29 is 14.6 Å². The van der Waals surface area contributed by atoms with Crippen molar-refractivity contribution in [1.82, 2.24) is 0 Å². The molecule has 0 aliphatic carbocycles. The van der Waals surface area contributed by atoms with Crippen LogP contribution in [-0.2, 0) is 4.79 Å². The Balaban J connectivity index is -0.000000355. The molecule has 0 aliphatic rings. The molecule has 0 fully saturated rings. The van der Waals surface area contributed by atoms with Gasteiger partial charge in [-0.3, -0.25) is 0 Å². The molecule has 1 aromatic carbocycles. The number of carboxylic acid groups (broad SMARTS) is 1. The smallest absolute Gasteiger partial charge is 0.344 e. The lowest BCUT2D eigenvalue weighted by Crippen LogP contribution is -2.22. The Morgan fingerprint density at radius 1 is 1.12 bits per heavy atom. The zero-order chi connectivity index (χ0) is 13.0. The largest absolute Gasteiger partial charge is 0.479 e. The Kier molecular flexibility index (Phi) is 17.8. The highest BCUT2D eigenvalue weighted by Gasteiger charge is 2.11. The van der Waals surface area contributed by atoms with Gasteiger partial charge in [-0.05, 0) is 19.1 Å². The summed E-state index contributed by atoms with van der Waals surface area (Å²) in [5.74, 6) is -0.383. The van der Waals surface area contributed by atoms with E-state index in [1.807, 2.05) is 33.8 Å². The molecule has 3 nitrogen and oxygen atoms in total. The zero-order valence-electron chi connectivity index (χ0n) is 10.7. The first-order valence-electron chi connectivity index (χ1n) is 5.64. The summed E-state index contributed by atoms with van der Waals surface area (Å²) in [6.07, 6.45) is -0.799. The Labute approximate surface area is 105 Å². The maximum atomic E-state index is 10.4. The van der Waals surface area contributed by atoms with Gasteiger partial charge in [-0.1, -0.05) is 53.3 Å². The lowest BCUT2D eigenvalue weighted by Gasteiger charge is -2.09. The SMILES string of the molecule is C.CC.CC.CC(Oc1ccccc1)C(=O)O. The van der Waals surface area contributed by atoms with E-state index in [4.69, 9.17) is 9.84 Å². The van der Waals surface area contributed by atoms with Crippen LogP contribution in [0.1, 0.15) is 42.0 Å². The van der Waals surface area contributed by atoms with Crippen molar-refractivity contribution >= 4 is 5.97 Å². The van der Waals surface area contributed by atoms with Crippen molar-refractivity contribution in [3.63, 3.8) is 0 Å². The number of carbonyl (C=O) groups is 1. The van der Waals surface area contributed by atoms with Crippen molar-refractivity contribution in [2.75, 3.05) is 0 Å². The quantitative estimate of drug-likeness (QED) is 0.862. The van der Waals surface area contributed by atoms with Crippen LogP contribution in [0.2, 0.25) is 0 Å². The lowest BCUT2D eigenvalue weighted by atomic mass is 10.3. The van der Waals surface area contributed by atoms with E-state index in [9.17, 15) is 4.79 Å². The number of rotatable bonds is 3. The second-order valence-electron chi connectivity index (χ2n) is 2.41. The van der Waals surface area contributed by atoms with Gasteiger partial charge in [-0.25, -0.2) is 4.79 Å². The highest BCUT2D eigenvalue weighted by atomic mass is 16.5. The van der Waals surface area contributed by atoms with Gasteiger partial charge in [0.2, 0.25) is 0 Å². The van der Waals surface area contributed by atoms with Crippen molar-refractivity contribution in [2.24, 2.45) is 0 Å². The Bertz CT molecular complexity index is 257. The van der Waals surface area contributed by atoms with E-state index in [0.717, 1.165) is 0 Å². The van der Waals surface area contributed by atoms with Crippen LogP contribution in [0.25, 0.3) is 0 Å². The number of carboxylic acids is 1. The minimum atomic E-state index is -0.959. The molecule has 1 unspecified atom stereocenters. The molecule has 1 aromatic rings. The third-order valence-electron chi connectivity index (χ3n) is 1.40. The highest BCUT2D eigenvalue weighted by molar-refractivity contribution is 5.72. The van der Waals surface area contributed by atoms with E-state index in [1.165, 1.54) is 6.92 Å². The first-order chi connectivity index (χ1) is 7.70. The molecular weight excluding hydrogens is 216 g/mol. The second-order valence-corrected chi connectivity index (χ2v) is 2.41. The maximum Gasteiger partial charge on any atom is 0.344 e. The summed E-state index contributed by atoms with van der Waals surface area (Å²) in [5.41, 5.74) is 0. The molecule has 0 saturated heterocycles. The van der Waals surface area contributed by atoms with E-state index < -0.39 is 12.1 Å². The van der Waals surface area contributed by atoms with E-state index in [2.05, 4.69) is 0 Å². The first kappa shape index (κ1) is 20.8. The van der Waals surface area contributed by atoms with E-state index >= 15 is 0 Å². The van der Waals surface area contributed by atoms with E-state index in [1.54, 1.807) is 24.3 Å². The molecule has 1 atom stereocenters. The Morgan fingerprint density at radius 3 is 1.88 bits per heavy atom. The second kappa shape index (κ2) is 14.5. The van der Waals surface area contributed by atoms with Crippen LogP contribution < -0.4 is 4.74 Å². The molecule has 100 valence electrons. The summed E-state index contributed by atoms with van der Waals surface area (Å²) in [6, 6.07) is 8.88. The fourth-order valence-electron chi connectivity index (χ4n) is 0.754. The molecule has 0 radical (unpaired) electrons. The monoisotopic (exact) mass is 242 g/mol. The van der Waals surface area contributed by atoms with Gasteiger partial charge in [-0.15, -0.1) is 0 Å². The third-order valence-corrected chi connectivity index (χ3v) is 1.40. The Hall–Kier alpha value is -1.51. The fourth-order valence-corrected chi connectivity index (χ4v) is 0.754. The van der Waals surface area contributed by atoms with E-state index in [0.29, 0.717) is 5.75 Å². The van der Waals surface area contributed by atoms with Crippen LogP contribution in [-0.4, -0.2) is 17.2 Å². The molecule has 0 heterocycles. The van der Waals surface area contributed by atoms with Gasteiger partial charge in [0.25, 0.3) is 0 Å². The Morgan fingerprint density at radius 2 is 1.53 bits per heavy atom. The maximum absolute atomic E-state index is 10.4. The number of para-hydroxylation sites is 1. The van der Waals surface area contributed by atoms with Crippen LogP contribution in [0.3, 0.4) is 0 Å². The molecule has 0 bridgehead atoms. The van der Waals surface area contributed by atoms with Crippen molar-refractivity contribution in [3.05, 3.63) is 30.3 Å². The number of ether oxygens (including phenoxy) is 1. The normalized spacial score (nSPS) is 9.24. The molecule has 1 rings (SSSR count). The van der Waals surface area contributed by atoms with Gasteiger partial charge in [0.1, 0.15) is 5.75 Å². The van der Waals surface area contributed by atoms with Crippen LogP contribution >= 0.6 is 0 Å². The predicted molar refractivity (Wildman–Crippen MR) is 73.6 cm³/mol. The third kappa shape index (κ3) is 10.8. The number of benzene rings is 1. The number of hydrogen-bond acceptors (Lipinski definition) is 2. The summed E-state index contributed by atoms with van der Waals surface area (Å²) in [5, 5.41) is 8.52. The summed E-state index contributed by atoms with van der Waals surface area (Å²) in [4.78, 5) is 10.4. The fraction of sp³-hybridized carbons (Fsp3) is 0.500. The minimum absolute atomic E-state index is 0. The molecule has 0 spiro atoms. The van der Waals surface area contributed by atoms with Crippen molar-refractivity contribution in [3.8, 4) is 5.75 Å². The van der Waals surface area contributed by atoms with Crippen LogP contribution in [0.4, 0.5) is 0 Å². The first-order valence-corrected chi connectivity index (χ1v) is 5.64. The van der Waals surface area contributed by atoms with Gasteiger partial charge in [0.05, 0.1) is 0 Å². The number of aliphatic carboxylic acids is 1. The van der Waals surface area contributed by atoms with Crippen molar-refractivity contribution in [2.45, 2.75) is 48.1 Å². The van der Waals surface area contributed by atoms with Gasteiger partial charge >= 0.3 is 5.97 Å².